The molecule has 7 heteroatoms. The lowest BCUT2D eigenvalue weighted by molar-refractivity contribution is -0.116. The second-order valence-corrected chi connectivity index (χ2v) is 7.72. The van der Waals surface area contributed by atoms with Gasteiger partial charge in [-0.1, -0.05) is 12.1 Å². The summed E-state index contributed by atoms with van der Waals surface area (Å²) >= 11 is 1.62. The van der Waals surface area contributed by atoms with Crippen LogP contribution in [0.1, 0.15) is 34.8 Å². The average Bonchev–Trinajstić information content (AvgIpc) is 3.22. The Morgan fingerprint density at radius 1 is 1.25 bits per heavy atom. The van der Waals surface area contributed by atoms with Gasteiger partial charge < -0.3 is 5.32 Å². The van der Waals surface area contributed by atoms with Gasteiger partial charge in [0.05, 0.1) is 35.4 Å². The highest BCUT2D eigenvalue weighted by Crippen LogP contribution is 2.23. The molecule has 0 fully saturated rings. The van der Waals surface area contributed by atoms with Crippen molar-refractivity contribution in [3.63, 3.8) is 0 Å². The van der Waals surface area contributed by atoms with Gasteiger partial charge in [-0.2, -0.15) is 10.4 Å². The number of amides is 1. The fraction of sp³-hybridized carbons (Fsp3) is 0.333. The molecule has 6 nitrogen and oxygen atoms in total. The molecule has 0 unspecified atom stereocenters. The first-order chi connectivity index (χ1) is 13.5. The van der Waals surface area contributed by atoms with Crippen LogP contribution >= 0.6 is 11.3 Å². The quantitative estimate of drug-likeness (QED) is 0.644. The molecule has 0 aliphatic rings. The van der Waals surface area contributed by atoms with Gasteiger partial charge in [-0.25, -0.2) is 4.98 Å². The van der Waals surface area contributed by atoms with E-state index in [0.717, 1.165) is 38.9 Å². The first-order valence-corrected chi connectivity index (χ1v) is 10.1. The summed E-state index contributed by atoms with van der Waals surface area (Å²) in [6.45, 7) is 6.51. The van der Waals surface area contributed by atoms with E-state index < -0.39 is 0 Å². The SMILES string of the molecule is Cc1nc(-c2ccc(NC(=O)CCc3c(C)nn(CCC#N)c3C)cc2)cs1. The number of thiazole rings is 1. The lowest BCUT2D eigenvalue weighted by Gasteiger charge is -2.07. The van der Waals surface area contributed by atoms with E-state index in [2.05, 4.69) is 21.5 Å². The Balaban J connectivity index is 1.57. The third-order valence-corrected chi connectivity index (χ3v) is 5.43. The van der Waals surface area contributed by atoms with Gasteiger partial charge in [0.1, 0.15) is 0 Å². The van der Waals surface area contributed by atoms with E-state index in [-0.39, 0.29) is 5.91 Å². The monoisotopic (exact) mass is 393 g/mol. The molecule has 3 rings (SSSR count). The van der Waals surface area contributed by atoms with Crippen LogP contribution < -0.4 is 5.32 Å². The Morgan fingerprint density at radius 2 is 2.00 bits per heavy atom. The van der Waals surface area contributed by atoms with Gasteiger partial charge in [-0.05, 0) is 44.9 Å². The summed E-state index contributed by atoms with van der Waals surface area (Å²) in [5.74, 6) is -0.0270. The molecule has 0 saturated carbocycles. The molecule has 0 aliphatic carbocycles. The highest BCUT2D eigenvalue weighted by Gasteiger charge is 2.13. The number of benzene rings is 1. The Kier molecular flexibility index (Phi) is 6.22. The van der Waals surface area contributed by atoms with Gasteiger partial charge >= 0.3 is 0 Å². The number of carbonyl (C=O) groups is 1. The molecule has 1 amide bonds. The maximum Gasteiger partial charge on any atom is 0.224 e. The molecular formula is C21H23N5OS. The minimum absolute atomic E-state index is 0.0270. The van der Waals surface area contributed by atoms with Gasteiger partial charge in [-0.3, -0.25) is 9.48 Å². The number of hydrogen-bond acceptors (Lipinski definition) is 5. The van der Waals surface area contributed by atoms with Crippen LogP contribution in [0.15, 0.2) is 29.6 Å². The minimum atomic E-state index is -0.0270. The number of aromatic nitrogens is 3. The first kappa shape index (κ1) is 19.8. The van der Waals surface area contributed by atoms with Crippen LogP contribution in [-0.2, 0) is 17.8 Å². The van der Waals surface area contributed by atoms with E-state index in [0.29, 0.717) is 25.8 Å². The molecule has 0 atom stereocenters. The van der Waals surface area contributed by atoms with Gasteiger partial charge in [0.2, 0.25) is 5.91 Å². The van der Waals surface area contributed by atoms with E-state index in [1.807, 2.05) is 55.1 Å². The van der Waals surface area contributed by atoms with Gasteiger partial charge in [0.25, 0.3) is 0 Å². The summed E-state index contributed by atoms with van der Waals surface area (Å²) in [4.78, 5) is 16.8. The normalized spacial score (nSPS) is 10.6. The van der Waals surface area contributed by atoms with E-state index in [9.17, 15) is 4.79 Å². The van der Waals surface area contributed by atoms with Crippen molar-refractivity contribution in [1.82, 2.24) is 14.8 Å². The molecule has 1 N–H and O–H groups in total. The Bertz CT molecular complexity index is 1010. The van der Waals surface area contributed by atoms with Crippen LogP contribution in [-0.4, -0.2) is 20.7 Å². The van der Waals surface area contributed by atoms with Crippen LogP contribution in [0.4, 0.5) is 5.69 Å². The zero-order chi connectivity index (χ0) is 20.1. The maximum atomic E-state index is 12.4. The summed E-state index contributed by atoms with van der Waals surface area (Å²) in [7, 11) is 0. The molecule has 0 bridgehead atoms. The van der Waals surface area contributed by atoms with Gasteiger partial charge in [-0.15, -0.1) is 11.3 Å². The highest BCUT2D eigenvalue weighted by atomic mass is 32.1. The lowest BCUT2D eigenvalue weighted by atomic mass is 10.1. The lowest BCUT2D eigenvalue weighted by Crippen LogP contribution is -2.12. The maximum absolute atomic E-state index is 12.4. The zero-order valence-corrected chi connectivity index (χ0v) is 17.1. The van der Waals surface area contributed by atoms with Crippen molar-refractivity contribution in [2.45, 2.75) is 46.6 Å². The van der Waals surface area contributed by atoms with Crippen molar-refractivity contribution < 1.29 is 4.79 Å². The van der Waals surface area contributed by atoms with E-state index in [1.54, 1.807) is 11.3 Å². The third kappa shape index (κ3) is 4.65. The number of nitriles is 1. The molecule has 0 spiro atoms. The fourth-order valence-corrected chi connectivity index (χ4v) is 3.77. The molecule has 0 radical (unpaired) electrons. The van der Waals surface area contributed by atoms with Gasteiger partial charge in [0.15, 0.2) is 0 Å². The van der Waals surface area contributed by atoms with Crippen molar-refractivity contribution >= 4 is 22.9 Å². The summed E-state index contributed by atoms with van der Waals surface area (Å²) in [5, 5.41) is 19.2. The Morgan fingerprint density at radius 3 is 2.64 bits per heavy atom. The predicted octanol–water partition coefficient (Wildman–Crippen LogP) is 4.42. The van der Waals surface area contributed by atoms with E-state index in [1.165, 1.54) is 0 Å². The number of nitrogens with one attached hydrogen (secondary N) is 1. The standard InChI is InChI=1S/C21H23N5OS/c1-14-19(15(2)26(25-14)12-4-11-22)9-10-21(27)24-18-7-5-17(6-8-18)20-13-28-16(3)23-20/h5-8,13H,4,9-10,12H2,1-3H3,(H,24,27). The van der Waals surface area contributed by atoms with Crippen molar-refractivity contribution in [3.05, 3.63) is 51.6 Å². The summed E-state index contributed by atoms with van der Waals surface area (Å²) < 4.78 is 1.85. The van der Waals surface area contributed by atoms with Crippen molar-refractivity contribution in [2.24, 2.45) is 0 Å². The second-order valence-electron chi connectivity index (χ2n) is 6.66. The molecule has 28 heavy (non-hydrogen) atoms. The number of anilines is 1. The van der Waals surface area contributed by atoms with Crippen molar-refractivity contribution in [2.75, 3.05) is 5.32 Å². The topological polar surface area (TPSA) is 83.6 Å². The summed E-state index contributed by atoms with van der Waals surface area (Å²) in [5.41, 5.74) is 5.81. The minimum Gasteiger partial charge on any atom is -0.326 e. The summed E-state index contributed by atoms with van der Waals surface area (Å²) in [6, 6.07) is 9.88. The molecule has 2 heterocycles. The number of hydrogen-bond donors (Lipinski definition) is 1. The molecule has 1 aromatic carbocycles. The highest BCUT2D eigenvalue weighted by molar-refractivity contribution is 7.09. The molecule has 2 aromatic heterocycles. The van der Waals surface area contributed by atoms with E-state index in [4.69, 9.17) is 5.26 Å². The number of carbonyl (C=O) groups excluding carboxylic acids is 1. The Hall–Kier alpha value is -2.98. The van der Waals surface area contributed by atoms with Gasteiger partial charge in [0, 0.05) is 28.7 Å². The first-order valence-electron chi connectivity index (χ1n) is 9.20. The molecule has 0 saturated heterocycles. The van der Waals surface area contributed by atoms with E-state index >= 15 is 0 Å². The van der Waals surface area contributed by atoms with Crippen LogP contribution in [0, 0.1) is 32.1 Å². The van der Waals surface area contributed by atoms with Crippen LogP contribution in [0.5, 0.6) is 0 Å². The van der Waals surface area contributed by atoms with Crippen molar-refractivity contribution in [3.8, 4) is 17.3 Å². The predicted molar refractivity (Wildman–Crippen MR) is 111 cm³/mol. The fourth-order valence-electron chi connectivity index (χ4n) is 3.15. The van der Waals surface area contributed by atoms with Crippen LogP contribution in [0.25, 0.3) is 11.3 Å². The Labute approximate surface area is 168 Å². The second kappa shape index (κ2) is 8.81. The molecule has 144 valence electrons. The number of aryl methyl sites for hydroxylation is 3. The molecule has 3 aromatic rings. The molecule has 0 aliphatic heterocycles. The average molecular weight is 394 g/mol. The number of nitrogens with zero attached hydrogens (tertiary/aromatic N) is 4. The van der Waals surface area contributed by atoms with Crippen LogP contribution in [0.3, 0.4) is 0 Å². The van der Waals surface area contributed by atoms with Crippen molar-refractivity contribution in [1.29, 1.82) is 5.26 Å². The van der Waals surface area contributed by atoms with Crippen LogP contribution in [0.2, 0.25) is 0 Å². The smallest absolute Gasteiger partial charge is 0.224 e. The number of rotatable bonds is 7. The zero-order valence-electron chi connectivity index (χ0n) is 16.3. The summed E-state index contributed by atoms with van der Waals surface area (Å²) in [6.07, 6.45) is 1.45. The largest absolute Gasteiger partial charge is 0.326 e. The third-order valence-electron chi connectivity index (χ3n) is 4.65. The molecular weight excluding hydrogens is 370 g/mol.